The summed E-state index contributed by atoms with van der Waals surface area (Å²) < 4.78 is 21.9. The lowest BCUT2D eigenvalue weighted by Gasteiger charge is -2.17. The van der Waals surface area contributed by atoms with Gasteiger partial charge in [-0.1, -0.05) is 0 Å². The molecule has 0 bridgehead atoms. The Morgan fingerprint density at radius 1 is 1.03 bits per heavy atom. The summed E-state index contributed by atoms with van der Waals surface area (Å²) in [4.78, 5) is 24.6. The molecule has 2 aromatic carbocycles. The quantitative estimate of drug-likeness (QED) is 0.726. The molecule has 0 atom stereocenters. The molecule has 0 saturated heterocycles. The standard InChI is InChI=1S/C22H24N2O6/c1-27-17-9-7-15(11-20(17)30-16-4-2-3-5-16)24-21(25)12-23-22(26)14-6-8-18-19(10-14)29-13-28-18/h6-11,16H,2-5,12-13H2,1H3,(H,23,26)(H,24,25). The van der Waals surface area contributed by atoms with Gasteiger partial charge < -0.3 is 29.6 Å². The van der Waals surface area contributed by atoms with Crippen molar-refractivity contribution in [3.05, 3.63) is 42.0 Å². The van der Waals surface area contributed by atoms with Gasteiger partial charge in [0.25, 0.3) is 5.91 Å². The van der Waals surface area contributed by atoms with Crippen molar-refractivity contribution in [2.45, 2.75) is 31.8 Å². The van der Waals surface area contributed by atoms with Crippen LogP contribution in [0.4, 0.5) is 5.69 Å². The summed E-state index contributed by atoms with van der Waals surface area (Å²) >= 11 is 0. The number of fused-ring (bicyclic) bond motifs is 1. The Morgan fingerprint density at radius 3 is 2.63 bits per heavy atom. The van der Waals surface area contributed by atoms with Crippen molar-refractivity contribution in [3.8, 4) is 23.0 Å². The van der Waals surface area contributed by atoms with Crippen molar-refractivity contribution < 1.29 is 28.5 Å². The van der Waals surface area contributed by atoms with Crippen LogP contribution in [0.15, 0.2) is 36.4 Å². The molecule has 1 fully saturated rings. The second-order valence-electron chi connectivity index (χ2n) is 7.19. The van der Waals surface area contributed by atoms with Crippen LogP contribution in [0.1, 0.15) is 36.0 Å². The van der Waals surface area contributed by atoms with E-state index >= 15 is 0 Å². The van der Waals surface area contributed by atoms with Gasteiger partial charge in [-0.05, 0) is 56.0 Å². The molecule has 0 aromatic heterocycles. The number of carbonyl (C=O) groups is 2. The van der Waals surface area contributed by atoms with Crippen LogP contribution >= 0.6 is 0 Å². The molecule has 2 amide bonds. The first-order valence-corrected chi connectivity index (χ1v) is 9.95. The molecule has 0 unspecified atom stereocenters. The van der Waals surface area contributed by atoms with Crippen LogP contribution in [0.25, 0.3) is 0 Å². The third-order valence-corrected chi connectivity index (χ3v) is 5.09. The Morgan fingerprint density at radius 2 is 1.83 bits per heavy atom. The maximum absolute atomic E-state index is 12.3. The first-order chi connectivity index (χ1) is 14.6. The van der Waals surface area contributed by atoms with E-state index in [1.54, 1.807) is 43.5 Å². The van der Waals surface area contributed by atoms with E-state index < -0.39 is 0 Å². The van der Waals surface area contributed by atoms with E-state index in [4.69, 9.17) is 18.9 Å². The molecule has 2 N–H and O–H groups in total. The monoisotopic (exact) mass is 412 g/mol. The van der Waals surface area contributed by atoms with Gasteiger partial charge in [0.05, 0.1) is 19.8 Å². The number of amides is 2. The lowest BCUT2D eigenvalue weighted by atomic mass is 10.2. The van der Waals surface area contributed by atoms with Gasteiger partial charge in [-0.25, -0.2) is 0 Å². The number of benzene rings is 2. The van der Waals surface area contributed by atoms with E-state index in [9.17, 15) is 9.59 Å². The van der Waals surface area contributed by atoms with Crippen LogP contribution in [0.2, 0.25) is 0 Å². The van der Waals surface area contributed by atoms with Crippen molar-refractivity contribution in [3.63, 3.8) is 0 Å². The Bertz CT molecular complexity index is 939. The van der Waals surface area contributed by atoms with Crippen LogP contribution in [0.3, 0.4) is 0 Å². The highest BCUT2D eigenvalue weighted by molar-refractivity contribution is 5.99. The van der Waals surface area contributed by atoms with Crippen LogP contribution in [-0.2, 0) is 4.79 Å². The van der Waals surface area contributed by atoms with Crippen LogP contribution < -0.4 is 29.6 Å². The topological polar surface area (TPSA) is 95.1 Å². The van der Waals surface area contributed by atoms with Gasteiger partial charge in [-0.15, -0.1) is 0 Å². The summed E-state index contributed by atoms with van der Waals surface area (Å²) in [6, 6.07) is 10.1. The first-order valence-electron chi connectivity index (χ1n) is 9.95. The summed E-state index contributed by atoms with van der Waals surface area (Å²) in [6.45, 7) is -0.0325. The molecule has 2 aromatic rings. The highest BCUT2D eigenvalue weighted by atomic mass is 16.7. The minimum Gasteiger partial charge on any atom is -0.493 e. The third-order valence-electron chi connectivity index (χ3n) is 5.09. The summed E-state index contributed by atoms with van der Waals surface area (Å²) in [6.07, 6.45) is 4.53. The SMILES string of the molecule is COc1ccc(NC(=O)CNC(=O)c2ccc3c(c2)OCO3)cc1OC1CCCC1. The van der Waals surface area contributed by atoms with E-state index in [2.05, 4.69) is 10.6 Å². The number of rotatable bonds is 7. The zero-order valence-electron chi connectivity index (χ0n) is 16.7. The second kappa shape index (κ2) is 8.94. The summed E-state index contributed by atoms with van der Waals surface area (Å²) in [7, 11) is 1.58. The van der Waals surface area contributed by atoms with Crippen molar-refractivity contribution >= 4 is 17.5 Å². The molecule has 8 nitrogen and oxygen atoms in total. The van der Waals surface area contributed by atoms with Crippen molar-refractivity contribution in [1.82, 2.24) is 5.32 Å². The summed E-state index contributed by atoms with van der Waals surface area (Å²) in [5.74, 6) is 1.62. The smallest absolute Gasteiger partial charge is 0.251 e. The van der Waals surface area contributed by atoms with Gasteiger partial charge in [-0.3, -0.25) is 9.59 Å². The number of methoxy groups -OCH3 is 1. The number of anilines is 1. The zero-order valence-corrected chi connectivity index (χ0v) is 16.7. The van der Waals surface area contributed by atoms with E-state index in [1.165, 1.54) is 0 Å². The fourth-order valence-corrected chi connectivity index (χ4v) is 3.54. The largest absolute Gasteiger partial charge is 0.493 e. The van der Waals surface area contributed by atoms with Crippen LogP contribution in [0, 0.1) is 0 Å². The lowest BCUT2D eigenvalue weighted by Crippen LogP contribution is -2.32. The molecule has 1 saturated carbocycles. The van der Waals surface area contributed by atoms with Crippen LogP contribution in [-0.4, -0.2) is 38.4 Å². The number of ether oxygens (including phenoxy) is 4. The van der Waals surface area contributed by atoms with Gasteiger partial charge >= 0.3 is 0 Å². The highest BCUT2D eigenvalue weighted by Gasteiger charge is 2.19. The third kappa shape index (κ3) is 4.59. The van der Waals surface area contributed by atoms with Crippen LogP contribution in [0.5, 0.6) is 23.0 Å². The molecule has 1 aliphatic heterocycles. The molecule has 30 heavy (non-hydrogen) atoms. The zero-order chi connectivity index (χ0) is 20.9. The van der Waals surface area contributed by atoms with E-state index in [0.29, 0.717) is 34.2 Å². The minimum atomic E-state index is -0.372. The number of carbonyl (C=O) groups excluding carboxylic acids is 2. The molecular formula is C22H24N2O6. The molecule has 158 valence electrons. The number of hydrogen-bond donors (Lipinski definition) is 2. The average molecular weight is 412 g/mol. The Kier molecular flexibility index (Phi) is 5.92. The van der Waals surface area contributed by atoms with E-state index in [-0.39, 0.29) is 31.3 Å². The average Bonchev–Trinajstić information content (AvgIpc) is 3.43. The number of nitrogens with one attached hydrogen (secondary N) is 2. The maximum Gasteiger partial charge on any atom is 0.251 e. The maximum atomic E-state index is 12.3. The minimum absolute atomic E-state index is 0.136. The Hall–Kier alpha value is -3.42. The molecule has 0 spiro atoms. The van der Waals surface area contributed by atoms with Crippen molar-refractivity contribution in [1.29, 1.82) is 0 Å². The Balaban J connectivity index is 1.33. The van der Waals surface area contributed by atoms with E-state index in [0.717, 1.165) is 25.7 Å². The fraction of sp³-hybridized carbons (Fsp3) is 0.364. The number of hydrogen-bond acceptors (Lipinski definition) is 6. The first kappa shape index (κ1) is 19.9. The van der Waals surface area contributed by atoms with Crippen molar-refractivity contribution in [2.24, 2.45) is 0 Å². The molecule has 1 heterocycles. The van der Waals surface area contributed by atoms with Crippen molar-refractivity contribution in [2.75, 3.05) is 25.8 Å². The van der Waals surface area contributed by atoms with Gasteiger partial charge in [0.1, 0.15) is 0 Å². The molecule has 2 aliphatic rings. The molecule has 8 heteroatoms. The van der Waals surface area contributed by atoms with Gasteiger partial charge in [0, 0.05) is 17.3 Å². The molecular weight excluding hydrogens is 388 g/mol. The second-order valence-corrected chi connectivity index (χ2v) is 7.19. The molecule has 1 aliphatic carbocycles. The van der Waals surface area contributed by atoms with Gasteiger partial charge in [0.2, 0.25) is 12.7 Å². The predicted molar refractivity (Wildman–Crippen MR) is 109 cm³/mol. The lowest BCUT2D eigenvalue weighted by molar-refractivity contribution is -0.115. The summed E-state index contributed by atoms with van der Waals surface area (Å²) in [5, 5.41) is 5.38. The molecule has 4 rings (SSSR count). The highest BCUT2D eigenvalue weighted by Crippen LogP contribution is 2.34. The fourth-order valence-electron chi connectivity index (χ4n) is 3.54. The van der Waals surface area contributed by atoms with E-state index in [1.807, 2.05) is 0 Å². The normalized spacial score (nSPS) is 15.0. The van der Waals surface area contributed by atoms with Gasteiger partial charge in [0.15, 0.2) is 23.0 Å². The predicted octanol–water partition coefficient (Wildman–Crippen LogP) is 3.11. The van der Waals surface area contributed by atoms with Gasteiger partial charge in [-0.2, -0.15) is 0 Å². The Labute approximate surface area is 174 Å². The summed E-state index contributed by atoms with van der Waals surface area (Å²) in [5.41, 5.74) is 0.967. The molecule has 0 radical (unpaired) electrons.